The van der Waals surface area contributed by atoms with E-state index >= 15 is 0 Å². The highest BCUT2D eigenvalue weighted by Crippen LogP contribution is 2.28. The first-order chi connectivity index (χ1) is 14.4. The first-order valence-electron chi connectivity index (χ1n) is 9.76. The van der Waals surface area contributed by atoms with Gasteiger partial charge in [-0.1, -0.05) is 43.5 Å². The van der Waals surface area contributed by atoms with Crippen molar-refractivity contribution >= 4 is 29.9 Å². The van der Waals surface area contributed by atoms with Crippen molar-refractivity contribution in [2.75, 3.05) is 0 Å². The number of carboxylic acids is 1. The molecule has 2 aliphatic rings. The van der Waals surface area contributed by atoms with Gasteiger partial charge in [0.15, 0.2) is 0 Å². The number of furan rings is 1. The number of hydrogen-bond donors (Lipinski definition) is 1. The zero-order chi connectivity index (χ0) is 21.3. The molecular weight excluding hydrogens is 388 g/mol. The Hall–Kier alpha value is -3.68. The minimum absolute atomic E-state index is 0.0459. The Morgan fingerprint density at radius 3 is 2.40 bits per heavy atom. The van der Waals surface area contributed by atoms with E-state index in [1.54, 1.807) is 24.3 Å². The Labute approximate surface area is 172 Å². The molecule has 1 saturated carbocycles. The topological polar surface area (TPSA) is 120 Å². The van der Waals surface area contributed by atoms with Crippen LogP contribution < -0.4 is 10.4 Å². The lowest BCUT2D eigenvalue weighted by atomic mass is 9.93. The standard InChI is InChI=1S/C22H20N2O6/c25-19-17(20(26)24(22(29)23-19)15-4-2-1-3-5-15)12-16-10-11-18(30-16)13-6-8-14(9-7-13)21(27)28/h6-12,15H,1-5H2,(H,27,28)(H,23,25,29)/p-1/b17-12-. The van der Waals surface area contributed by atoms with Crippen LogP contribution in [-0.4, -0.2) is 34.8 Å². The number of aromatic carboxylic acids is 1. The van der Waals surface area contributed by atoms with Crippen LogP contribution in [0.2, 0.25) is 0 Å². The lowest BCUT2D eigenvalue weighted by Crippen LogP contribution is -2.58. The summed E-state index contributed by atoms with van der Waals surface area (Å²) in [5.41, 5.74) is 0.515. The van der Waals surface area contributed by atoms with Gasteiger partial charge in [-0.05, 0) is 36.6 Å². The predicted molar refractivity (Wildman–Crippen MR) is 104 cm³/mol. The van der Waals surface area contributed by atoms with Gasteiger partial charge >= 0.3 is 6.03 Å². The number of carbonyl (C=O) groups is 4. The molecule has 0 atom stereocenters. The van der Waals surface area contributed by atoms with Crippen LogP contribution in [0.3, 0.4) is 0 Å². The Bertz CT molecular complexity index is 1040. The molecule has 154 valence electrons. The Kier molecular flexibility index (Phi) is 5.22. The molecule has 0 unspecified atom stereocenters. The average molecular weight is 407 g/mol. The SMILES string of the molecule is O=C1NC(=O)N(C2CCCCC2)C(=O)/C1=C\c1ccc(-c2ccc(C(=O)[O-])cc2)o1. The number of nitrogens with one attached hydrogen (secondary N) is 1. The second kappa shape index (κ2) is 7.98. The van der Waals surface area contributed by atoms with Crippen LogP contribution in [0.5, 0.6) is 0 Å². The molecule has 0 bridgehead atoms. The molecule has 4 rings (SSSR count). The van der Waals surface area contributed by atoms with Gasteiger partial charge in [-0.2, -0.15) is 0 Å². The minimum atomic E-state index is -1.27. The summed E-state index contributed by atoms with van der Waals surface area (Å²) in [6.07, 6.45) is 5.72. The van der Waals surface area contributed by atoms with Gasteiger partial charge in [0.25, 0.3) is 11.8 Å². The first kappa shape index (κ1) is 19.6. The van der Waals surface area contributed by atoms with E-state index in [1.165, 1.54) is 18.2 Å². The Balaban J connectivity index is 1.59. The van der Waals surface area contributed by atoms with E-state index in [1.807, 2.05) is 0 Å². The van der Waals surface area contributed by atoms with Gasteiger partial charge in [-0.25, -0.2) is 4.79 Å². The van der Waals surface area contributed by atoms with Crippen molar-refractivity contribution in [3.05, 3.63) is 53.3 Å². The number of nitrogens with zero attached hydrogens (tertiary/aromatic N) is 1. The van der Waals surface area contributed by atoms with Gasteiger partial charge < -0.3 is 14.3 Å². The number of benzene rings is 1. The fourth-order valence-corrected chi connectivity index (χ4v) is 3.84. The third kappa shape index (κ3) is 3.76. The summed E-state index contributed by atoms with van der Waals surface area (Å²) in [4.78, 5) is 49.4. The predicted octanol–water partition coefficient (Wildman–Crippen LogP) is 2.10. The number of urea groups is 1. The lowest BCUT2D eigenvalue weighted by molar-refractivity contribution is -0.255. The molecule has 0 spiro atoms. The second-order valence-corrected chi connectivity index (χ2v) is 7.35. The van der Waals surface area contributed by atoms with E-state index in [9.17, 15) is 24.3 Å². The molecule has 2 heterocycles. The maximum absolute atomic E-state index is 12.9. The Morgan fingerprint density at radius 2 is 1.73 bits per heavy atom. The summed E-state index contributed by atoms with van der Waals surface area (Å²) in [5, 5.41) is 13.1. The molecule has 8 nitrogen and oxygen atoms in total. The third-order valence-corrected chi connectivity index (χ3v) is 5.39. The number of carbonyl (C=O) groups excluding carboxylic acids is 4. The van der Waals surface area contributed by atoms with Gasteiger partial charge in [0.05, 0.1) is 5.97 Å². The largest absolute Gasteiger partial charge is 0.545 e. The molecule has 30 heavy (non-hydrogen) atoms. The van der Waals surface area contributed by atoms with Crippen LogP contribution in [-0.2, 0) is 9.59 Å². The number of amides is 4. The van der Waals surface area contributed by atoms with E-state index in [-0.39, 0.29) is 22.9 Å². The number of barbiturate groups is 1. The summed E-state index contributed by atoms with van der Waals surface area (Å²) in [5.74, 6) is -1.94. The van der Waals surface area contributed by atoms with Gasteiger partial charge in [0, 0.05) is 11.6 Å². The molecule has 0 radical (unpaired) electrons. The minimum Gasteiger partial charge on any atom is -0.545 e. The second-order valence-electron chi connectivity index (χ2n) is 7.35. The molecule has 8 heteroatoms. The van der Waals surface area contributed by atoms with Crippen molar-refractivity contribution in [2.24, 2.45) is 0 Å². The van der Waals surface area contributed by atoms with Crippen molar-refractivity contribution in [1.82, 2.24) is 10.2 Å². The molecule has 4 amide bonds. The lowest BCUT2D eigenvalue weighted by Gasteiger charge is -2.35. The van der Waals surface area contributed by atoms with Crippen LogP contribution >= 0.6 is 0 Å². The third-order valence-electron chi connectivity index (χ3n) is 5.39. The number of carboxylic acid groups (broad SMARTS) is 1. The maximum atomic E-state index is 12.9. The highest BCUT2D eigenvalue weighted by Gasteiger charge is 2.40. The molecule has 1 aliphatic carbocycles. The highest BCUT2D eigenvalue weighted by molar-refractivity contribution is 6.31. The van der Waals surface area contributed by atoms with E-state index in [0.29, 0.717) is 11.3 Å². The highest BCUT2D eigenvalue weighted by atomic mass is 16.4. The van der Waals surface area contributed by atoms with Crippen molar-refractivity contribution in [3.63, 3.8) is 0 Å². The van der Waals surface area contributed by atoms with Crippen molar-refractivity contribution in [3.8, 4) is 11.3 Å². The summed E-state index contributed by atoms with van der Waals surface area (Å²) in [6.45, 7) is 0. The average Bonchev–Trinajstić information content (AvgIpc) is 3.20. The summed E-state index contributed by atoms with van der Waals surface area (Å²) in [7, 11) is 0. The van der Waals surface area contributed by atoms with E-state index < -0.39 is 23.8 Å². The van der Waals surface area contributed by atoms with Gasteiger partial charge in [0.1, 0.15) is 17.1 Å². The smallest absolute Gasteiger partial charge is 0.331 e. The van der Waals surface area contributed by atoms with Crippen LogP contribution in [0, 0.1) is 0 Å². The van der Waals surface area contributed by atoms with Crippen LogP contribution in [0.25, 0.3) is 17.4 Å². The van der Waals surface area contributed by atoms with Crippen molar-refractivity contribution in [1.29, 1.82) is 0 Å². The molecule has 1 aromatic carbocycles. The van der Waals surface area contributed by atoms with Crippen molar-refractivity contribution in [2.45, 2.75) is 38.1 Å². The summed E-state index contributed by atoms with van der Waals surface area (Å²) in [6, 6.07) is 8.30. The van der Waals surface area contributed by atoms with E-state index in [0.717, 1.165) is 37.0 Å². The fraction of sp³-hybridized carbons (Fsp3) is 0.273. The normalized spacial score (nSPS) is 19.3. The fourth-order valence-electron chi connectivity index (χ4n) is 3.84. The monoisotopic (exact) mass is 407 g/mol. The molecule has 1 N–H and O–H groups in total. The molecule has 1 aliphatic heterocycles. The van der Waals surface area contributed by atoms with E-state index in [2.05, 4.69) is 5.32 Å². The van der Waals surface area contributed by atoms with E-state index in [4.69, 9.17) is 4.42 Å². The molecule has 1 saturated heterocycles. The van der Waals surface area contributed by atoms with Crippen LogP contribution in [0.4, 0.5) is 4.79 Å². The number of rotatable bonds is 4. The number of hydrogen-bond acceptors (Lipinski definition) is 6. The Morgan fingerprint density at radius 1 is 1.03 bits per heavy atom. The first-order valence-corrected chi connectivity index (χ1v) is 9.76. The van der Waals surface area contributed by atoms with Gasteiger partial charge in [-0.15, -0.1) is 0 Å². The summed E-state index contributed by atoms with van der Waals surface area (Å²) < 4.78 is 5.70. The summed E-state index contributed by atoms with van der Waals surface area (Å²) >= 11 is 0. The molecule has 2 aromatic rings. The maximum Gasteiger partial charge on any atom is 0.331 e. The number of imide groups is 2. The van der Waals surface area contributed by atoms with Gasteiger partial charge in [0.2, 0.25) is 0 Å². The zero-order valence-electron chi connectivity index (χ0n) is 16.1. The van der Waals surface area contributed by atoms with Crippen molar-refractivity contribution < 1.29 is 28.7 Å². The zero-order valence-corrected chi connectivity index (χ0v) is 16.1. The van der Waals surface area contributed by atoms with Crippen LogP contribution in [0.1, 0.15) is 48.2 Å². The molecule has 1 aromatic heterocycles. The van der Waals surface area contributed by atoms with Crippen LogP contribution in [0.15, 0.2) is 46.4 Å². The quantitative estimate of drug-likeness (QED) is 0.612. The molecule has 2 fully saturated rings. The van der Waals surface area contributed by atoms with Gasteiger partial charge in [-0.3, -0.25) is 19.8 Å². The molecular formula is C22H19N2O6-.